The Bertz CT molecular complexity index is 433. The molecule has 1 fully saturated rings. The van der Waals surface area contributed by atoms with E-state index in [-0.39, 0.29) is 4.75 Å². The molecule has 1 saturated carbocycles. The van der Waals surface area contributed by atoms with Gasteiger partial charge in [0, 0.05) is 23.2 Å². The van der Waals surface area contributed by atoms with Crippen LogP contribution in [0.1, 0.15) is 31.2 Å². The van der Waals surface area contributed by atoms with Crippen LogP contribution in [0.5, 0.6) is 0 Å². The molecule has 0 spiro atoms. The second-order valence-electron chi connectivity index (χ2n) is 5.27. The van der Waals surface area contributed by atoms with Gasteiger partial charge < -0.3 is 11.1 Å². The van der Waals surface area contributed by atoms with E-state index in [9.17, 15) is 0 Å². The maximum atomic E-state index is 5.75. The molecule has 0 saturated heterocycles. The summed E-state index contributed by atoms with van der Waals surface area (Å²) in [4.78, 5) is 5.32. The molecule has 104 valence electrons. The van der Waals surface area contributed by atoms with Gasteiger partial charge in [-0.1, -0.05) is 30.5 Å². The van der Waals surface area contributed by atoms with Crippen LogP contribution in [0.3, 0.4) is 0 Å². The number of guanidine groups is 1. The smallest absolute Gasteiger partial charge is 0.188 e. The standard InChI is InChI=1S/C15H23N3S/c1-12-5-7-13(8-6-12)19-15(9-3-4-10-15)11-18-14(16)17-2/h5-8H,3-4,9-11H2,1-2H3,(H3,16,17,18). The van der Waals surface area contributed by atoms with Gasteiger partial charge in [-0.25, -0.2) is 0 Å². The van der Waals surface area contributed by atoms with Crippen LogP contribution in [0.2, 0.25) is 0 Å². The molecule has 0 atom stereocenters. The molecule has 1 aromatic carbocycles. The van der Waals surface area contributed by atoms with Crippen molar-refractivity contribution in [2.24, 2.45) is 10.7 Å². The minimum Gasteiger partial charge on any atom is -0.370 e. The number of rotatable bonds is 4. The Morgan fingerprint density at radius 2 is 1.95 bits per heavy atom. The summed E-state index contributed by atoms with van der Waals surface area (Å²) >= 11 is 1.99. The molecule has 0 aliphatic heterocycles. The fourth-order valence-corrected chi connectivity index (χ4v) is 3.93. The topological polar surface area (TPSA) is 50.4 Å². The minimum absolute atomic E-state index is 0.268. The summed E-state index contributed by atoms with van der Waals surface area (Å²) in [6.07, 6.45) is 5.11. The van der Waals surface area contributed by atoms with Gasteiger partial charge in [0.05, 0.1) is 0 Å². The van der Waals surface area contributed by atoms with Gasteiger partial charge >= 0.3 is 0 Å². The third-order valence-electron chi connectivity index (χ3n) is 3.70. The van der Waals surface area contributed by atoms with Crippen LogP contribution in [0.25, 0.3) is 0 Å². The van der Waals surface area contributed by atoms with Gasteiger partial charge in [-0.05, 0) is 31.9 Å². The quantitative estimate of drug-likeness (QED) is 0.657. The zero-order valence-electron chi connectivity index (χ0n) is 11.8. The third-order valence-corrected chi connectivity index (χ3v) is 5.20. The number of nitrogens with one attached hydrogen (secondary N) is 1. The second kappa shape index (κ2) is 6.33. The Labute approximate surface area is 120 Å². The van der Waals surface area contributed by atoms with Crippen molar-refractivity contribution in [3.63, 3.8) is 0 Å². The lowest BCUT2D eigenvalue weighted by atomic mass is 10.1. The summed E-state index contributed by atoms with van der Waals surface area (Å²) in [5.74, 6) is 0.538. The van der Waals surface area contributed by atoms with E-state index in [1.54, 1.807) is 7.05 Å². The first kappa shape index (κ1) is 14.3. The summed E-state index contributed by atoms with van der Waals surface area (Å²) in [7, 11) is 1.72. The van der Waals surface area contributed by atoms with Crippen LogP contribution in [-0.2, 0) is 0 Å². The van der Waals surface area contributed by atoms with E-state index in [0.29, 0.717) is 5.96 Å². The van der Waals surface area contributed by atoms with Crippen molar-refractivity contribution in [3.05, 3.63) is 29.8 Å². The minimum atomic E-state index is 0.268. The first-order valence-electron chi connectivity index (χ1n) is 6.85. The van der Waals surface area contributed by atoms with E-state index in [1.807, 2.05) is 11.8 Å². The average Bonchev–Trinajstić information content (AvgIpc) is 2.88. The molecule has 0 heterocycles. The van der Waals surface area contributed by atoms with E-state index in [0.717, 1.165) is 6.54 Å². The first-order chi connectivity index (χ1) is 9.13. The largest absolute Gasteiger partial charge is 0.370 e. The molecular weight excluding hydrogens is 254 g/mol. The van der Waals surface area contributed by atoms with Crippen LogP contribution >= 0.6 is 11.8 Å². The SMILES string of the molecule is CN=C(N)NCC1(Sc2ccc(C)cc2)CCCC1. The zero-order valence-corrected chi connectivity index (χ0v) is 12.6. The Hall–Kier alpha value is -1.16. The number of hydrogen-bond donors (Lipinski definition) is 2. The van der Waals surface area contributed by atoms with E-state index < -0.39 is 0 Å². The number of benzene rings is 1. The summed E-state index contributed by atoms with van der Waals surface area (Å²) in [6.45, 7) is 3.02. The molecule has 3 nitrogen and oxygen atoms in total. The Morgan fingerprint density at radius 1 is 1.32 bits per heavy atom. The number of aliphatic imine (C=N–C) groups is 1. The van der Waals surface area contributed by atoms with Crippen molar-refractivity contribution in [1.29, 1.82) is 0 Å². The van der Waals surface area contributed by atoms with E-state index in [2.05, 4.69) is 41.5 Å². The lowest BCUT2D eigenvalue weighted by Crippen LogP contribution is -2.42. The van der Waals surface area contributed by atoms with Crippen LogP contribution in [0.15, 0.2) is 34.2 Å². The number of aryl methyl sites for hydroxylation is 1. The fourth-order valence-electron chi connectivity index (χ4n) is 2.52. The van der Waals surface area contributed by atoms with Crippen molar-refractivity contribution < 1.29 is 0 Å². The monoisotopic (exact) mass is 277 g/mol. The van der Waals surface area contributed by atoms with E-state index >= 15 is 0 Å². The zero-order chi connectivity index (χ0) is 13.7. The molecule has 0 amide bonds. The predicted molar refractivity (Wildman–Crippen MR) is 83.8 cm³/mol. The maximum absolute atomic E-state index is 5.75. The Morgan fingerprint density at radius 3 is 2.53 bits per heavy atom. The van der Waals surface area contributed by atoms with Crippen molar-refractivity contribution in [3.8, 4) is 0 Å². The molecule has 1 aliphatic carbocycles. The number of nitrogens with two attached hydrogens (primary N) is 1. The summed E-state index contributed by atoms with van der Waals surface area (Å²) in [5.41, 5.74) is 7.06. The maximum Gasteiger partial charge on any atom is 0.188 e. The lowest BCUT2D eigenvalue weighted by Gasteiger charge is -2.29. The number of nitrogens with zero attached hydrogens (tertiary/aromatic N) is 1. The van der Waals surface area contributed by atoms with Gasteiger partial charge in [-0.3, -0.25) is 4.99 Å². The molecule has 1 aromatic rings. The highest BCUT2D eigenvalue weighted by Gasteiger charge is 2.34. The van der Waals surface area contributed by atoms with Crippen molar-refractivity contribution in [2.45, 2.75) is 42.2 Å². The van der Waals surface area contributed by atoms with Gasteiger partial charge in [0.2, 0.25) is 0 Å². The molecule has 4 heteroatoms. The van der Waals surface area contributed by atoms with Gasteiger partial charge in [-0.15, -0.1) is 11.8 Å². The third kappa shape index (κ3) is 3.90. The van der Waals surface area contributed by atoms with Crippen LogP contribution in [-0.4, -0.2) is 24.3 Å². The first-order valence-corrected chi connectivity index (χ1v) is 7.67. The van der Waals surface area contributed by atoms with Gasteiger partial charge in [-0.2, -0.15) is 0 Å². The van der Waals surface area contributed by atoms with Gasteiger partial charge in [0.15, 0.2) is 5.96 Å². The molecular formula is C15H23N3S. The van der Waals surface area contributed by atoms with Gasteiger partial charge in [0.25, 0.3) is 0 Å². The summed E-state index contributed by atoms with van der Waals surface area (Å²) in [5, 5.41) is 3.25. The summed E-state index contributed by atoms with van der Waals surface area (Å²) in [6, 6.07) is 8.80. The fraction of sp³-hybridized carbons (Fsp3) is 0.533. The Kier molecular flexibility index (Phi) is 4.75. The number of thioether (sulfide) groups is 1. The molecule has 0 unspecified atom stereocenters. The molecule has 3 N–H and O–H groups in total. The van der Waals surface area contributed by atoms with Crippen molar-refractivity contribution >= 4 is 17.7 Å². The van der Waals surface area contributed by atoms with Crippen molar-refractivity contribution in [2.75, 3.05) is 13.6 Å². The van der Waals surface area contributed by atoms with Crippen LogP contribution in [0, 0.1) is 6.92 Å². The molecule has 2 rings (SSSR count). The van der Waals surface area contributed by atoms with Crippen molar-refractivity contribution in [1.82, 2.24) is 5.32 Å². The molecule has 19 heavy (non-hydrogen) atoms. The molecule has 0 aromatic heterocycles. The van der Waals surface area contributed by atoms with Gasteiger partial charge in [0.1, 0.15) is 0 Å². The van der Waals surface area contributed by atoms with E-state index in [1.165, 1.54) is 36.1 Å². The average molecular weight is 277 g/mol. The molecule has 1 aliphatic rings. The van der Waals surface area contributed by atoms with Crippen LogP contribution < -0.4 is 11.1 Å². The molecule has 0 bridgehead atoms. The van der Waals surface area contributed by atoms with Crippen LogP contribution in [0.4, 0.5) is 0 Å². The lowest BCUT2D eigenvalue weighted by molar-refractivity contribution is 0.588. The highest BCUT2D eigenvalue weighted by molar-refractivity contribution is 8.00. The number of hydrogen-bond acceptors (Lipinski definition) is 2. The Balaban J connectivity index is 2.04. The summed E-state index contributed by atoms with van der Waals surface area (Å²) < 4.78 is 0.268. The second-order valence-corrected chi connectivity index (χ2v) is 6.81. The predicted octanol–water partition coefficient (Wildman–Crippen LogP) is 2.93. The normalized spacial score (nSPS) is 18.5. The highest BCUT2D eigenvalue weighted by atomic mass is 32.2. The highest BCUT2D eigenvalue weighted by Crippen LogP contribution is 2.44. The van der Waals surface area contributed by atoms with E-state index in [4.69, 9.17) is 5.73 Å². The molecule has 0 radical (unpaired) electrons.